The molecular formula is C63H86O7. The number of carbonyl (C=O) groups is 2. The highest BCUT2D eigenvalue weighted by Crippen LogP contribution is 2.52. The topological polar surface area (TPSA) is 91.3 Å². The molecule has 4 aliphatic carbocycles. The predicted octanol–water partition coefficient (Wildman–Crippen LogP) is 14.3. The first-order chi connectivity index (χ1) is 34.1. The molecule has 0 amide bonds. The van der Waals surface area contributed by atoms with Crippen molar-refractivity contribution in [2.24, 2.45) is 53.3 Å². The fourth-order valence-electron chi connectivity index (χ4n) is 12.8. The van der Waals surface area contributed by atoms with Gasteiger partial charge in [-0.1, -0.05) is 184 Å². The van der Waals surface area contributed by atoms with Gasteiger partial charge in [0.25, 0.3) is 0 Å². The van der Waals surface area contributed by atoms with Crippen LogP contribution in [0.1, 0.15) is 158 Å². The molecule has 7 nitrogen and oxygen atoms in total. The maximum atomic E-state index is 12.3. The Labute approximate surface area is 421 Å². The van der Waals surface area contributed by atoms with Crippen LogP contribution in [0.25, 0.3) is 0 Å². The number of hydrogen-bond donors (Lipinski definition) is 1. The van der Waals surface area contributed by atoms with Crippen LogP contribution in [0.15, 0.2) is 97.1 Å². The summed E-state index contributed by atoms with van der Waals surface area (Å²) in [5, 5.41) is 10.9. The van der Waals surface area contributed by atoms with E-state index in [1.165, 1.54) is 99.3 Å². The van der Waals surface area contributed by atoms with E-state index in [-0.39, 0.29) is 44.5 Å². The average molecular weight is 955 g/mol. The van der Waals surface area contributed by atoms with Crippen molar-refractivity contribution >= 4 is 11.9 Å². The van der Waals surface area contributed by atoms with Gasteiger partial charge < -0.3 is 24.1 Å². The summed E-state index contributed by atoms with van der Waals surface area (Å²) in [5.41, 5.74) is 7.24. The third kappa shape index (κ3) is 15.2. The minimum absolute atomic E-state index is 0.0354. The third-order valence-corrected chi connectivity index (χ3v) is 16.8. The molecular weight excluding hydrogens is 869 g/mol. The van der Waals surface area contributed by atoms with Gasteiger partial charge in [0, 0.05) is 0 Å². The van der Waals surface area contributed by atoms with Gasteiger partial charge >= 0.3 is 11.9 Å². The number of fused-ring (bicyclic) bond motifs is 4. The van der Waals surface area contributed by atoms with Crippen molar-refractivity contribution in [1.82, 2.24) is 0 Å². The van der Waals surface area contributed by atoms with E-state index in [0.717, 1.165) is 96.7 Å². The largest absolute Gasteiger partial charge is 0.482 e. The minimum Gasteiger partial charge on any atom is -0.482 e. The summed E-state index contributed by atoms with van der Waals surface area (Å²) in [7, 11) is 0. The Bertz CT molecular complexity index is 2030. The van der Waals surface area contributed by atoms with Crippen LogP contribution in [0.2, 0.25) is 0 Å². The fraction of sp³-hybridized carbons (Fsp3) is 0.587. The molecule has 70 heavy (non-hydrogen) atoms. The number of aliphatic hydroxyl groups is 1. The number of unbranched alkanes of at least 4 members (excludes halogenated alkanes) is 4. The molecule has 8 rings (SSSR count). The molecule has 0 bridgehead atoms. The maximum Gasteiger partial charge on any atom is 0.344 e. The van der Waals surface area contributed by atoms with E-state index in [0.29, 0.717) is 17.8 Å². The summed E-state index contributed by atoms with van der Waals surface area (Å²) < 4.78 is 22.7. The van der Waals surface area contributed by atoms with Crippen LogP contribution in [-0.2, 0) is 58.0 Å². The number of carbonyl (C=O) groups excluding carboxylic acids is 2. The van der Waals surface area contributed by atoms with Crippen LogP contribution < -0.4 is 9.47 Å². The number of esters is 2. The lowest BCUT2D eigenvalue weighted by atomic mass is 9.73. The van der Waals surface area contributed by atoms with Gasteiger partial charge in [-0.05, 0) is 150 Å². The molecule has 1 N–H and O–H groups in total. The molecule has 10 atom stereocenters. The van der Waals surface area contributed by atoms with Gasteiger partial charge in [-0.2, -0.15) is 0 Å². The zero-order chi connectivity index (χ0) is 49.2. The van der Waals surface area contributed by atoms with E-state index in [4.69, 9.17) is 18.9 Å². The first kappa shape index (κ1) is 53.2. The molecule has 380 valence electrons. The van der Waals surface area contributed by atoms with Crippen molar-refractivity contribution < 1.29 is 33.6 Å². The molecule has 0 radical (unpaired) electrons. The van der Waals surface area contributed by atoms with E-state index in [1.54, 1.807) is 0 Å². The molecule has 0 aromatic heterocycles. The quantitative estimate of drug-likeness (QED) is 0.0552. The lowest BCUT2D eigenvalue weighted by Gasteiger charge is -2.33. The highest BCUT2D eigenvalue weighted by Gasteiger charge is 2.45. The van der Waals surface area contributed by atoms with Crippen LogP contribution in [-0.4, -0.2) is 36.4 Å². The molecule has 2 fully saturated rings. The summed E-state index contributed by atoms with van der Waals surface area (Å²) in [4.78, 5) is 24.5. The molecule has 4 aliphatic rings. The summed E-state index contributed by atoms with van der Waals surface area (Å²) in [6.45, 7) is 12.3. The van der Waals surface area contributed by atoms with Crippen molar-refractivity contribution in [3.63, 3.8) is 0 Å². The number of benzene rings is 4. The van der Waals surface area contributed by atoms with Crippen molar-refractivity contribution in [3.05, 3.63) is 130 Å². The highest BCUT2D eigenvalue weighted by molar-refractivity contribution is 5.71. The number of ether oxygens (including phenoxy) is 4. The van der Waals surface area contributed by atoms with Crippen molar-refractivity contribution in [1.29, 1.82) is 0 Å². The van der Waals surface area contributed by atoms with Gasteiger partial charge in [0.15, 0.2) is 13.2 Å². The predicted molar refractivity (Wildman–Crippen MR) is 282 cm³/mol. The third-order valence-electron chi connectivity index (χ3n) is 16.8. The van der Waals surface area contributed by atoms with E-state index < -0.39 is 0 Å². The molecule has 10 unspecified atom stereocenters. The molecule has 4 aromatic rings. The highest BCUT2D eigenvalue weighted by atomic mass is 16.6. The maximum absolute atomic E-state index is 12.3. The van der Waals surface area contributed by atoms with Gasteiger partial charge in [-0.3, -0.25) is 0 Å². The van der Waals surface area contributed by atoms with E-state index in [2.05, 4.69) is 52.8 Å². The Morgan fingerprint density at radius 2 is 1.01 bits per heavy atom. The zero-order valence-corrected chi connectivity index (χ0v) is 43.5. The lowest BCUT2D eigenvalue weighted by molar-refractivity contribution is -0.148. The Morgan fingerprint density at radius 1 is 0.557 bits per heavy atom. The molecule has 7 heteroatoms. The lowest BCUT2D eigenvalue weighted by Crippen LogP contribution is -2.27. The van der Waals surface area contributed by atoms with Gasteiger partial charge in [-0.25, -0.2) is 9.59 Å². The van der Waals surface area contributed by atoms with Gasteiger partial charge in [0.05, 0.1) is 6.10 Å². The Kier molecular flexibility index (Phi) is 20.7. The Balaban J connectivity index is 0.000000206. The SMILES string of the molecule is CCCCCC(C)CCC1C(C)CC2Cc3c(cccc3OCC(=O)OCc3ccccc3)CC21.CCCCCC(C)CCC1C(O)CC2Cc3c(cccc3OCC(=O)OCc3ccccc3)CC21. The fourth-order valence-corrected chi connectivity index (χ4v) is 12.8. The van der Waals surface area contributed by atoms with Crippen molar-refractivity contribution in [2.45, 2.75) is 170 Å². The Morgan fingerprint density at radius 3 is 1.50 bits per heavy atom. The van der Waals surface area contributed by atoms with Crippen molar-refractivity contribution in [3.8, 4) is 11.5 Å². The van der Waals surface area contributed by atoms with Crippen molar-refractivity contribution in [2.75, 3.05) is 13.2 Å². The summed E-state index contributed by atoms with van der Waals surface area (Å²) >= 11 is 0. The molecule has 0 saturated heterocycles. The van der Waals surface area contributed by atoms with E-state index in [1.807, 2.05) is 78.9 Å². The van der Waals surface area contributed by atoms with E-state index in [9.17, 15) is 14.7 Å². The van der Waals surface area contributed by atoms with Crippen LogP contribution in [0, 0.1) is 53.3 Å². The molecule has 0 heterocycles. The first-order valence-corrected chi connectivity index (χ1v) is 27.6. The summed E-state index contributed by atoms with van der Waals surface area (Å²) in [5.74, 6) is 7.22. The summed E-state index contributed by atoms with van der Waals surface area (Å²) in [6, 6.07) is 32.0. The second-order valence-corrected chi connectivity index (χ2v) is 22.0. The minimum atomic E-state index is -0.357. The van der Waals surface area contributed by atoms with Gasteiger partial charge in [0.1, 0.15) is 24.7 Å². The molecule has 4 aromatic carbocycles. The number of hydrogen-bond acceptors (Lipinski definition) is 7. The summed E-state index contributed by atoms with van der Waals surface area (Å²) in [6.07, 6.45) is 22.0. The van der Waals surface area contributed by atoms with Crippen LogP contribution in [0.4, 0.5) is 0 Å². The second-order valence-electron chi connectivity index (χ2n) is 22.0. The number of aliphatic hydroxyl groups excluding tert-OH is 1. The van der Waals surface area contributed by atoms with Crippen LogP contribution in [0.5, 0.6) is 11.5 Å². The Hall–Kier alpha value is -4.62. The molecule has 0 aliphatic heterocycles. The number of rotatable bonds is 24. The molecule has 0 spiro atoms. The molecule has 2 saturated carbocycles. The van der Waals surface area contributed by atoms with Crippen LogP contribution >= 0.6 is 0 Å². The zero-order valence-electron chi connectivity index (χ0n) is 43.5. The van der Waals surface area contributed by atoms with E-state index >= 15 is 0 Å². The first-order valence-electron chi connectivity index (χ1n) is 27.6. The van der Waals surface area contributed by atoms with Gasteiger partial charge in [0.2, 0.25) is 0 Å². The second kappa shape index (κ2) is 27.3. The standard InChI is InChI=1S/C32H44O3.C31H42O4/c1-4-5-7-11-23(2)16-17-28-24(3)18-27-20-30-26(19-29(27)28)14-10-15-31(30)34-22-32(33)35-21-25-12-8-6-9-13-25;1-3-4-6-10-22(2)15-16-26-27-17-24-13-9-14-30(28(24)18-25(27)19-29(26)32)34-21-31(33)35-20-23-11-7-5-8-12-23/h6,8-10,12-15,23-24,27-29H,4-5,7,11,16-22H2,1-3H3;5,7-9,11-14,22,25-27,29,32H,3-4,6,10,15-21H2,1-2H3. The average Bonchev–Trinajstić information content (AvgIpc) is 3.86. The van der Waals surface area contributed by atoms with Crippen LogP contribution in [0.3, 0.4) is 0 Å². The van der Waals surface area contributed by atoms with Gasteiger partial charge in [-0.15, -0.1) is 0 Å². The normalized spacial score (nSPS) is 23.9. The smallest absolute Gasteiger partial charge is 0.344 e. The monoisotopic (exact) mass is 955 g/mol.